The van der Waals surface area contributed by atoms with Crippen LogP contribution >= 0.6 is 11.3 Å². The number of thiazole rings is 1. The molecule has 1 aromatic heterocycles. The molecule has 0 atom stereocenters. The fourth-order valence-corrected chi connectivity index (χ4v) is 2.71. The Kier molecular flexibility index (Phi) is 3.26. The molecule has 20 heavy (non-hydrogen) atoms. The summed E-state index contributed by atoms with van der Waals surface area (Å²) >= 11 is 1.62. The lowest BCUT2D eigenvalue weighted by atomic mass is 10.2. The summed E-state index contributed by atoms with van der Waals surface area (Å²) in [4.78, 5) is 14.7. The fraction of sp³-hybridized carbons (Fsp3) is 0. The van der Waals surface area contributed by atoms with Crippen LogP contribution in [0, 0.1) is 10.1 Å². The number of fused-ring (bicyclic) bond motifs is 1. The molecule has 3 rings (SSSR count). The van der Waals surface area contributed by atoms with Gasteiger partial charge in [-0.25, -0.2) is 4.98 Å². The third kappa shape index (κ3) is 2.57. The first-order valence-corrected chi connectivity index (χ1v) is 6.82. The van der Waals surface area contributed by atoms with Crippen molar-refractivity contribution in [3.63, 3.8) is 0 Å². The molecule has 0 saturated carbocycles. The van der Waals surface area contributed by atoms with Crippen LogP contribution in [0.4, 0.5) is 5.69 Å². The molecule has 3 aromatic rings. The average molecular weight is 282 g/mol. The van der Waals surface area contributed by atoms with Gasteiger partial charge in [-0.2, -0.15) is 0 Å². The molecule has 0 saturated heterocycles. The van der Waals surface area contributed by atoms with Crippen molar-refractivity contribution >= 4 is 39.4 Å². The molecule has 2 aromatic carbocycles. The minimum absolute atomic E-state index is 0.0992. The molecular weight excluding hydrogens is 272 g/mol. The highest BCUT2D eigenvalue weighted by Crippen LogP contribution is 2.23. The molecule has 0 spiro atoms. The number of nitrogens with zero attached hydrogens (tertiary/aromatic N) is 2. The van der Waals surface area contributed by atoms with Crippen LogP contribution in [0.2, 0.25) is 0 Å². The predicted octanol–water partition coefficient (Wildman–Crippen LogP) is 4.37. The lowest BCUT2D eigenvalue weighted by molar-refractivity contribution is -0.384. The van der Waals surface area contributed by atoms with Crippen molar-refractivity contribution < 1.29 is 4.92 Å². The topological polar surface area (TPSA) is 56.0 Å². The number of nitro benzene ring substituents is 1. The SMILES string of the molecule is O=[N+]([O-])c1ccc(/C=C/c2nc3ccccc3s2)cc1. The van der Waals surface area contributed by atoms with Crippen LogP contribution in [-0.2, 0) is 0 Å². The summed E-state index contributed by atoms with van der Waals surface area (Å²) in [7, 11) is 0. The zero-order valence-corrected chi connectivity index (χ0v) is 11.2. The van der Waals surface area contributed by atoms with Crippen LogP contribution in [-0.4, -0.2) is 9.91 Å². The zero-order valence-electron chi connectivity index (χ0n) is 10.4. The molecule has 0 bridgehead atoms. The Morgan fingerprint density at radius 2 is 1.80 bits per heavy atom. The van der Waals surface area contributed by atoms with Crippen molar-refractivity contribution in [2.75, 3.05) is 0 Å². The summed E-state index contributed by atoms with van der Waals surface area (Å²) in [5, 5.41) is 11.5. The lowest BCUT2D eigenvalue weighted by Crippen LogP contribution is -1.86. The summed E-state index contributed by atoms with van der Waals surface area (Å²) in [6.07, 6.45) is 3.83. The van der Waals surface area contributed by atoms with Gasteiger partial charge in [-0.1, -0.05) is 18.2 Å². The molecule has 0 amide bonds. The molecule has 0 unspecified atom stereocenters. The number of aromatic nitrogens is 1. The number of hydrogen-bond donors (Lipinski definition) is 0. The normalized spacial score (nSPS) is 11.2. The zero-order chi connectivity index (χ0) is 13.9. The lowest BCUT2D eigenvalue weighted by Gasteiger charge is -1.92. The van der Waals surface area contributed by atoms with Gasteiger partial charge < -0.3 is 0 Å². The van der Waals surface area contributed by atoms with E-state index in [0.29, 0.717) is 0 Å². The van der Waals surface area contributed by atoms with E-state index in [4.69, 9.17) is 0 Å². The molecule has 0 aliphatic rings. The van der Waals surface area contributed by atoms with Gasteiger partial charge >= 0.3 is 0 Å². The van der Waals surface area contributed by atoms with Gasteiger partial charge in [0.1, 0.15) is 5.01 Å². The van der Waals surface area contributed by atoms with E-state index in [1.54, 1.807) is 23.5 Å². The number of rotatable bonds is 3. The van der Waals surface area contributed by atoms with E-state index in [9.17, 15) is 10.1 Å². The first-order valence-electron chi connectivity index (χ1n) is 6.00. The van der Waals surface area contributed by atoms with E-state index in [1.165, 1.54) is 12.1 Å². The summed E-state index contributed by atoms with van der Waals surface area (Å²) in [5.41, 5.74) is 2.00. The van der Waals surface area contributed by atoms with Gasteiger partial charge in [-0.05, 0) is 35.9 Å². The van der Waals surface area contributed by atoms with Crippen LogP contribution in [0.5, 0.6) is 0 Å². The molecule has 4 nitrogen and oxygen atoms in total. The van der Waals surface area contributed by atoms with E-state index in [2.05, 4.69) is 4.98 Å². The van der Waals surface area contributed by atoms with E-state index in [1.807, 2.05) is 36.4 Å². The van der Waals surface area contributed by atoms with E-state index in [-0.39, 0.29) is 5.69 Å². The van der Waals surface area contributed by atoms with Gasteiger partial charge in [0.05, 0.1) is 15.1 Å². The van der Waals surface area contributed by atoms with Crippen molar-refractivity contribution in [2.24, 2.45) is 0 Å². The minimum Gasteiger partial charge on any atom is -0.258 e. The first-order chi connectivity index (χ1) is 9.72. The Morgan fingerprint density at radius 1 is 1.05 bits per heavy atom. The van der Waals surface area contributed by atoms with Gasteiger partial charge in [0.15, 0.2) is 0 Å². The maximum absolute atomic E-state index is 10.6. The van der Waals surface area contributed by atoms with E-state index >= 15 is 0 Å². The minimum atomic E-state index is -0.402. The maximum Gasteiger partial charge on any atom is 0.269 e. The molecule has 98 valence electrons. The molecular formula is C15H10N2O2S. The highest BCUT2D eigenvalue weighted by Gasteiger charge is 2.03. The number of benzene rings is 2. The Labute approximate surface area is 119 Å². The van der Waals surface area contributed by atoms with Gasteiger partial charge in [0, 0.05) is 12.1 Å². The maximum atomic E-state index is 10.6. The predicted molar refractivity (Wildman–Crippen MR) is 81.6 cm³/mol. The van der Waals surface area contributed by atoms with Crippen molar-refractivity contribution in [3.8, 4) is 0 Å². The standard InChI is InChI=1S/C15H10N2O2S/c18-17(19)12-8-5-11(6-9-12)7-10-15-16-13-3-1-2-4-14(13)20-15/h1-10H/b10-7+. The van der Waals surface area contributed by atoms with Crippen LogP contribution in [0.15, 0.2) is 48.5 Å². The quantitative estimate of drug-likeness (QED) is 0.529. The highest BCUT2D eigenvalue weighted by molar-refractivity contribution is 7.19. The average Bonchev–Trinajstić information content (AvgIpc) is 2.88. The second kappa shape index (κ2) is 5.22. The fourth-order valence-electron chi connectivity index (χ4n) is 1.84. The molecule has 5 heteroatoms. The van der Waals surface area contributed by atoms with Gasteiger partial charge in [0.25, 0.3) is 5.69 Å². The molecule has 1 heterocycles. The summed E-state index contributed by atoms with van der Waals surface area (Å²) < 4.78 is 1.15. The largest absolute Gasteiger partial charge is 0.269 e. The van der Waals surface area contributed by atoms with Crippen LogP contribution in [0.25, 0.3) is 22.4 Å². The van der Waals surface area contributed by atoms with Gasteiger partial charge in [-0.3, -0.25) is 10.1 Å². The summed E-state index contributed by atoms with van der Waals surface area (Å²) in [6, 6.07) is 14.4. The van der Waals surface area contributed by atoms with E-state index < -0.39 is 4.92 Å². The highest BCUT2D eigenvalue weighted by atomic mass is 32.1. The Hall–Kier alpha value is -2.53. The molecule has 0 fully saturated rings. The van der Waals surface area contributed by atoms with Crippen molar-refractivity contribution in [1.29, 1.82) is 0 Å². The second-order valence-electron chi connectivity index (χ2n) is 4.20. The Morgan fingerprint density at radius 3 is 2.50 bits per heavy atom. The third-order valence-electron chi connectivity index (χ3n) is 2.83. The number of non-ortho nitro benzene ring substituents is 1. The Bertz CT molecular complexity index is 758. The van der Waals surface area contributed by atoms with Crippen LogP contribution < -0.4 is 0 Å². The van der Waals surface area contributed by atoms with Crippen molar-refractivity contribution in [2.45, 2.75) is 0 Å². The van der Waals surface area contributed by atoms with Crippen LogP contribution in [0.3, 0.4) is 0 Å². The van der Waals surface area contributed by atoms with Crippen molar-refractivity contribution in [1.82, 2.24) is 4.98 Å². The van der Waals surface area contributed by atoms with Gasteiger partial charge in [0.2, 0.25) is 0 Å². The van der Waals surface area contributed by atoms with Gasteiger partial charge in [-0.15, -0.1) is 11.3 Å². The number of hydrogen-bond acceptors (Lipinski definition) is 4. The number of nitro groups is 1. The second-order valence-corrected chi connectivity index (χ2v) is 5.26. The molecule has 0 N–H and O–H groups in total. The molecule has 0 aliphatic carbocycles. The smallest absolute Gasteiger partial charge is 0.258 e. The van der Waals surface area contributed by atoms with E-state index in [0.717, 1.165) is 20.8 Å². The first kappa shape index (κ1) is 12.5. The summed E-state index contributed by atoms with van der Waals surface area (Å²) in [5.74, 6) is 0. The Balaban J connectivity index is 1.84. The van der Waals surface area contributed by atoms with Crippen molar-refractivity contribution in [3.05, 3.63) is 69.2 Å². The molecule has 0 aliphatic heterocycles. The third-order valence-corrected chi connectivity index (χ3v) is 3.83. The van der Waals surface area contributed by atoms with Crippen LogP contribution in [0.1, 0.15) is 10.6 Å². The monoisotopic (exact) mass is 282 g/mol. The molecule has 0 radical (unpaired) electrons. The summed E-state index contributed by atoms with van der Waals surface area (Å²) in [6.45, 7) is 0. The number of para-hydroxylation sites is 1.